The van der Waals surface area contributed by atoms with E-state index < -0.39 is 24.2 Å². The fourth-order valence-corrected chi connectivity index (χ4v) is 10.2. The van der Waals surface area contributed by atoms with Gasteiger partial charge in [0.25, 0.3) is 5.91 Å². The molecule has 3 N–H and O–H groups in total. The average Bonchev–Trinajstić information content (AvgIpc) is 3.54. The summed E-state index contributed by atoms with van der Waals surface area (Å²) in [5.74, 6) is 1.28. The first-order valence-electron chi connectivity index (χ1n) is 19.7. The number of carbonyl (C=O) groups is 2. The summed E-state index contributed by atoms with van der Waals surface area (Å²) in [5.41, 5.74) is 4.55. The third-order valence-corrected chi connectivity index (χ3v) is 13.4. The van der Waals surface area contributed by atoms with Crippen molar-refractivity contribution in [2.75, 3.05) is 40.4 Å². The molecule has 3 saturated carbocycles. The summed E-state index contributed by atoms with van der Waals surface area (Å²) in [6, 6.07) is 23.2. The predicted octanol–water partition coefficient (Wildman–Crippen LogP) is 5.02. The Morgan fingerprint density at radius 3 is 2.48 bits per heavy atom. The SMILES string of the molecule is COc1c(CN2O[C@@H](CO)[C@@H]([C@H](C)O)[C@H]2C(=O)N[C@H]2C[C@H]3C[C@@H]([C@@H]2C)C3(C)C)cccc1-c1cccc(C(=O)N2CCN(C)C[C@@H]2Cc2ccccc2)c1. The number of nitrogens with zero attached hydrogens (tertiary/aromatic N) is 3. The number of ether oxygens (including phenoxy) is 1. The van der Waals surface area contributed by atoms with E-state index in [2.05, 4.69) is 50.2 Å². The van der Waals surface area contributed by atoms with Crippen LogP contribution in [0.25, 0.3) is 11.1 Å². The Balaban J connectivity index is 1.13. The van der Waals surface area contributed by atoms with Gasteiger partial charge in [-0.15, -0.1) is 0 Å². The van der Waals surface area contributed by atoms with Crippen LogP contribution in [0.15, 0.2) is 72.8 Å². The number of likely N-dealkylation sites (N-methyl/N-ethyl adjacent to an activating group) is 1. The first-order chi connectivity index (χ1) is 25.9. The lowest BCUT2D eigenvalue weighted by atomic mass is 9.45. The number of benzene rings is 3. The van der Waals surface area contributed by atoms with Gasteiger partial charge in [-0.25, -0.2) is 0 Å². The number of aliphatic hydroxyl groups excluding tert-OH is 2. The molecule has 2 heterocycles. The molecule has 10 heteroatoms. The molecule has 9 atom stereocenters. The normalized spacial score (nSPS) is 30.0. The molecule has 3 aliphatic carbocycles. The van der Waals surface area contributed by atoms with E-state index in [0.717, 1.165) is 42.6 Å². The van der Waals surface area contributed by atoms with Crippen LogP contribution in [0.4, 0.5) is 0 Å². The number of para-hydroxylation sites is 1. The lowest BCUT2D eigenvalue weighted by Crippen LogP contribution is -2.62. The van der Waals surface area contributed by atoms with Gasteiger partial charge < -0.3 is 30.1 Å². The van der Waals surface area contributed by atoms with Crippen LogP contribution in [0, 0.1) is 29.1 Å². The quantitative estimate of drug-likeness (QED) is 0.252. The van der Waals surface area contributed by atoms with Gasteiger partial charge >= 0.3 is 0 Å². The fraction of sp³-hybridized carbons (Fsp3) is 0.545. The first kappa shape index (κ1) is 38.5. The Labute approximate surface area is 320 Å². The maximum absolute atomic E-state index is 14.2. The Bertz CT molecular complexity index is 1800. The van der Waals surface area contributed by atoms with Gasteiger partial charge in [0, 0.05) is 54.3 Å². The third kappa shape index (κ3) is 7.31. The molecule has 0 unspecified atom stereocenters. The van der Waals surface area contributed by atoms with Crippen molar-refractivity contribution in [3.63, 3.8) is 0 Å². The molecule has 10 nitrogen and oxygen atoms in total. The van der Waals surface area contributed by atoms with E-state index in [1.165, 1.54) is 12.0 Å². The van der Waals surface area contributed by atoms with Gasteiger partial charge in [0.05, 0.1) is 26.4 Å². The highest BCUT2D eigenvalue weighted by Crippen LogP contribution is 2.61. The number of amides is 2. The Morgan fingerprint density at radius 1 is 1.04 bits per heavy atom. The summed E-state index contributed by atoms with van der Waals surface area (Å²) in [6.07, 6.45) is 1.30. The van der Waals surface area contributed by atoms with Crippen molar-refractivity contribution >= 4 is 11.8 Å². The zero-order valence-corrected chi connectivity index (χ0v) is 32.7. The predicted molar refractivity (Wildman–Crippen MR) is 208 cm³/mol. The second-order valence-electron chi connectivity index (χ2n) is 16.9. The molecule has 3 aromatic rings. The van der Waals surface area contributed by atoms with Crippen LogP contribution in [0.1, 0.15) is 62.0 Å². The number of hydroxylamine groups is 2. The maximum atomic E-state index is 14.2. The molecule has 290 valence electrons. The first-order valence-corrected chi connectivity index (χ1v) is 19.7. The molecule has 5 aliphatic rings. The maximum Gasteiger partial charge on any atom is 0.254 e. The molecular formula is C44H58N4O6. The van der Waals surface area contributed by atoms with E-state index >= 15 is 0 Å². The summed E-state index contributed by atoms with van der Waals surface area (Å²) in [4.78, 5) is 39.0. The van der Waals surface area contributed by atoms with Crippen molar-refractivity contribution in [2.24, 2.45) is 29.1 Å². The number of fused-ring (bicyclic) bond motifs is 2. The van der Waals surface area contributed by atoms with Gasteiger partial charge in [-0.2, -0.15) is 5.06 Å². The van der Waals surface area contributed by atoms with Crippen molar-refractivity contribution in [1.29, 1.82) is 0 Å². The van der Waals surface area contributed by atoms with Crippen LogP contribution in [0.2, 0.25) is 0 Å². The van der Waals surface area contributed by atoms with Crippen molar-refractivity contribution < 1.29 is 29.4 Å². The largest absolute Gasteiger partial charge is 0.496 e. The Kier molecular flexibility index (Phi) is 11.2. The monoisotopic (exact) mass is 738 g/mol. The van der Waals surface area contributed by atoms with E-state index in [4.69, 9.17) is 9.57 Å². The van der Waals surface area contributed by atoms with Crippen molar-refractivity contribution in [3.8, 4) is 16.9 Å². The molecule has 2 bridgehead atoms. The van der Waals surface area contributed by atoms with E-state index in [-0.39, 0.29) is 42.5 Å². The lowest BCUT2D eigenvalue weighted by Gasteiger charge is -2.62. The van der Waals surface area contributed by atoms with Gasteiger partial charge in [0.2, 0.25) is 5.91 Å². The molecule has 2 amide bonds. The minimum absolute atomic E-state index is 0.00712. The highest BCUT2D eigenvalue weighted by atomic mass is 16.7. The van der Waals surface area contributed by atoms with Crippen molar-refractivity contribution in [3.05, 3.63) is 89.5 Å². The van der Waals surface area contributed by atoms with Crippen LogP contribution < -0.4 is 10.1 Å². The molecule has 54 heavy (non-hydrogen) atoms. The van der Waals surface area contributed by atoms with Gasteiger partial charge in [0.15, 0.2) is 0 Å². The summed E-state index contributed by atoms with van der Waals surface area (Å²) < 4.78 is 6.07. The van der Waals surface area contributed by atoms with E-state index in [1.807, 2.05) is 65.6 Å². The van der Waals surface area contributed by atoms with Gasteiger partial charge in [-0.3, -0.25) is 14.4 Å². The molecule has 2 aliphatic heterocycles. The van der Waals surface area contributed by atoms with Crippen LogP contribution in [0.3, 0.4) is 0 Å². The average molecular weight is 739 g/mol. The summed E-state index contributed by atoms with van der Waals surface area (Å²) >= 11 is 0. The minimum Gasteiger partial charge on any atom is -0.496 e. The summed E-state index contributed by atoms with van der Waals surface area (Å²) in [7, 11) is 3.73. The van der Waals surface area contributed by atoms with Crippen molar-refractivity contribution in [2.45, 2.75) is 83.8 Å². The molecule has 2 saturated heterocycles. The summed E-state index contributed by atoms with van der Waals surface area (Å²) in [5, 5.41) is 26.3. The number of methoxy groups -OCH3 is 1. The van der Waals surface area contributed by atoms with Crippen molar-refractivity contribution in [1.82, 2.24) is 20.2 Å². The van der Waals surface area contributed by atoms with E-state index in [9.17, 15) is 19.8 Å². The fourth-order valence-electron chi connectivity index (χ4n) is 10.2. The van der Waals surface area contributed by atoms with Gasteiger partial charge in [0.1, 0.15) is 17.9 Å². The minimum atomic E-state index is -0.889. The molecular weight excluding hydrogens is 681 g/mol. The highest BCUT2D eigenvalue weighted by molar-refractivity contribution is 5.96. The molecule has 0 spiro atoms. The van der Waals surface area contributed by atoms with Crippen LogP contribution >= 0.6 is 0 Å². The number of hydrogen-bond donors (Lipinski definition) is 3. The number of piperazine rings is 1. The number of aliphatic hydroxyl groups is 2. The zero-order chi connectivity index (χ0) is 38.3. The van der Waals surface area contributed by atoms with Gasteiger partial charge in [-0.05, 0) is 79.7 Å². The highest BCUT2D eigenvalue weighted by Gasteiger charge is 2.57. The number of hydrogen-bond acceptors (Lipinski definition) is 8. The Hall–Kier alpha value is -3.80. The molecule has 3 aromatic carbocycles. The molecule has 0 aromatic heterocycles. The molecule has 5 fully saturated rings. The second-order valence-corrected chi connectivity index (χ2v) is 16.9. The van der Waals surface area contributed by atoms with Crippen LogP contribution in [-0.4, -0.2) is 108 Å². The number of nitrogens with one attached hydrogen (secondary N) is 1. The lowest BCUT2D eigenvalue weighted by molar-refractivity contribution is -0.183. The summed E-state index contributed by atoms with van der Waals surface area (Å²) in [6.45, 7) is 10.7. The second kappa shape index (κ2) is 15.7. The topological polar surface area (TPSA) is 115 Å². The zero-order valence-electron chi connectivity index (χ0n) is 32.7. The molecule has 0 radical (unpaired) electrons. The van der Waals surface area contributed by atoms with Gasteiger partial charge in [-0.1, -0.05) is 81.4 Å². The standard InChI is InChI=1S/C44H58N4O6/c1-27-36-22-33(44(36,3)4)23-37(27)45-42(51)40-39(28(2)50)38(26-49)54-48(40)24-32-16-11-17-35(41(32)53-6)30-14-10-15-31(21-30)43(52)47-19-18-46(5)25-34(47)20-29-12-8-7-9-13-29/h7-17,21,27-28,33-34,36-40,49-50H,18-20,22-26H2,1-6H3,(H,45,51)/t27-,28-,33+,34-,36-,37-,38-,39+,40-/m0/s1. The molecule has 8 rings (SSSR count). The smallest absolute Gasteiger partial charge is 0.254 e. The third-order valence-electron chi connectivity index (χ3n) is 13.4. The number of rotatable bonds is 11. The Morgan fingerprint density at radius 2 is 1.80 bits per heavy atom. The van der Waals surface area contributed by atoms with E-state index in [1.54, 1.807) is 19.1 Å². The van der Waals surface area contributed by atoms with E-state index in [0.29, 0.717) is 35.6 Å². The van der Waals surface area contributed by atoms with Crippen LogP contribution in [-0.2, 0) is 22.6 Å². The van der Waals surface area contributed by atoms with Crippen LogP contribution in [0.5, 0.6) is 5.75 Å². The number of carbonyl (C=O) groups excluding carboxylic acids is 2.